The fourth-order valence-corrected chi connectivity index (χ4v) is 5.34. The van der Waals surface area contributed by atoms with E-state index in [-0.39, 0.29) is 29.9 Å². The summed E-state index contributed by atoms with van der Waals surface area (Å²) in [5, 5.41) is 6.54. The van der Waals surface area contributed by atoms with Crippen molar-refractivity contribution in [3.05, 3.63) is 36.4 Å². The van der Waals surface area contributed by atoms with Crippen LogP contribution in [0.25, 0.3) is 0 Å². The summed E-state index contributed by atoms with van der Waals surface area (Å²) in [6.07, 6.45) is 16.4. The van der Waals surface area contributed by atoms with Crippen LogP contribution in [0, 0.1) is 5.92 Å². The van der Waals surface area contributed by atoms with Crippen LogP contribution in [0.3, 0.4) is 0 Å². The Morgan fingerprint density at radius 2 is 1.69 bits per heavy atom. The van der Waals surface area contributed by atoms with Crippen LogP contribution in [0.2, 0.25) is 0 Å². The summed E-state index contributed by atoms with van der Waals surface area (Å²) in [7, 11) is 3.83. The number of unbranched alkanes of at least 4 members (excludes halogenated alkanes) is 3. The Kier molecular flexibility index (Phi) is 9.52. The monoisotopic (exact) mass is 486 g/mol. The van der Waals surface area contributed by atoms with Crippen LogP contribution < -0.4 is 19.8 Å². The largest absolute Gasteiger partial charge is 0.347 e. The molecule has 2 amide bonds. The minimum atomic E-state index is -0.0545. The van der Waals surface area contributed by atoms with Crippen LogP contribution >= 0.6 is 0 Å². The molecule has 0 aliphatic heterocycles. The number of hydrogen-bond acceptors (Lipinski definition) is 2. The van der Waals surface area contributed by atoms with Crippen molar-refractivity contribution in [1.29, 1.82) is 0 Å². The predicted molar refractivity (Wildman–Crippen MR) is 136 cm³/mol. The lowest BCUT2D eigenvalue weighted by molar-refractivity contribution is -0.673. The topological polar surface area (TPSA) is 75.8 Å². The van der Waals surface area contributed by atoms with Crippen LogP contribution in [0.5, 0.6) is 0 Å². The predicted octanol–water partition coefficient (Wildman–Crippen LogP) is 3.21. The molecule has 1 saturated carbocycles. The molecular weight excluding hydrogens is 440 g/mol. The maximum atomic E-state index is 13.4. The van der Waals surface area contributed by atoms with Crippen LogP contribution in [-0.2, 0) is 20.6 Å². The van der Waals surface area contributed by atoms with Gasteiger partial charge in [0.05, 0.1) is 26.7 Å². The molecule has 8 nitrogen and oxygen atoms in total. The van der Waals surface area contributed by atoms with Crippen molar-refractivity contribution in [3.8, 4) is 0 Å². The van der Waals surface area contributed by atoms with Gasteiger partial charge in [0, 0.05) is 12.1 Å². The lowest BCUT2D eigenvalue weighted by atomic mass is 9.82. The SMILES string of the molecule is CCCCCCC(C)n1cc[n+](C)c1C(=O)NC1CC(NC(=O)c2n(CC)cc[n+]2C)CCC1C. The molecule has 0 radical (unpaired) electrons. The van der Waals surface area contributed by atoms with Gasteiger partial charge in [-0.15, -0.1) is 0 Å². The Morgan fingerprint density at radius 3 is 2.40 bits per heavy atom. The first-order valence-electron chi connectivity index (χ1n) is 13.5. The van der Waals surface area contributed by atoms with Crippen molar-refractivity contribution in [2.45, 2.75) is 104 Å². The fourth-order valence-electron chi connectivity index (χ4n) is 5.34. The molecule has 3 rings (SSSR count). The van der Waals surface area contributed by atoms with E-state index in [1.54, 1.807) is 0 Å². The molecule has 4 unspecified atom stereocenters. The normalized spacial score (nSPS) is 21.0. The number of nitrogens with one attached hydrogen (secondary N) is 2. The summed E-state index contributed by atoms with van der Waals surface area (Å²) in [6.45, 7) is 9.40. The van der Waals surface area contributed by atoms with E-state index in [0.717, 1.165) is 32.2 Å². The summed E-state index contributed by atoms with van der Waals surface area (Å²) in [5.41, 5.74) is 0. The lowest BCUT2D eigenvalue weighted by Crippen LogP contribution is -2.52. The van der Waals surface area contributed by atoms with Crippen molar-refractivity contribution in [2.75, 3.05) is 0 Å². The van der Waals surface area contributed by atoms with E-state index in [2.05, 4.69) is 36.0 Å². The van der Waals surface area contributed by atoms with Crippen molar-refractivity contribution in [2.24, 2.45) is 20.0 Å². The number of carbonyl (C=O) groups excluding carboxylic acids is 2. The zero-order chi connectivity index (χ0) is 25.5. The van der Waals surface area contributed by atoms with Crippen LogP contribution in [0.4, 0.5) is 0 Å². The third-order valence-electron chi connectivity index (χ3n) is 7.65. The number of imidazole rings is 2. The van der Waals surface area contributed by atoms with E-state index in [1.807, 2.05) is 59.5 Å². The van der Waals surface area contributed by atoms with Gasteiger partial charge in [0.15, 0.2) is 0 Å². The first-order valence-corrected chi connectivity index (χ1v) is 13.5. The number of amides is 2. The molecule has 2 aromatic rings. The molecule has 0 saturated heterocycles. The Balaban J connectivity index is 1.64. The van der Waals surface area contributed by atoms with Gasteiger partial charge >= 0.3 is 23.5 Å². The van der Waals surface area contributed by atoms with Crippen molar-refractivity contribution in [3.63, 3.8) is 0 Å². The second-order valence-electron chi connectivity index (χ2n) is 10.4. The van der Waals surface area contributed by atoms with Gasteiger partial charge in [-0.25, -0.2) is 18.3 Å². The quantitative estimate of drug-likeness (QED) is 0.378. The minimum Gasteiger partial charge on any atom is -0.343 e. The van der Waals surface area contributed by atoms with Gasteiger partial charge in [0.25, 0.3) is 0 Å². The molecular formula is C27H46N6O2+2. The molecule has 0 spiro atoms. The molecule has 1 fully saturated rings. The summed E-state index contributed by atoms with van der Waals surface area (Å²) in [5.74, 6) is 1.63. The fraction of sp³-hybridized carbons (Fsp3) is 0.704. The third-order valence-corrected chi connectivity index (χ3v) is 7.65. The number of aryl methyl sites for hydroxylation is 3. The maximum absolute atomic E-state index is 13.4. The van der Waals surface area contributed by atoms with Crippen molar-refractivity contribution in [1.82, 2.24) is 19.8 Å². The standard InChI is InChI=1S/C27H44N6O2/c1-7-9-10-11-12-21(4)33-18-16-31(6)27(33)25(35)29-23-19-22(14-13-20(23)3)28-24(34)26-30(5)15-17-32(26)8-2/h15-18,20-23H,7-14,19H2,1-6H3/p+2. The van der Waals surface area contributed by atoms with E-state index in [0.29, 0.717) is 17.6 Å². The van der Waals surface area contributed by atoms with Crippen LogP contribution in [0.15, 0.2) is 24.8 Å². The minimum absolute atomic E-state index is 0.0245. The Morgan fingerprint density at radius 1 is 1.00 bits per heavy atom. The number of hydrogen-bond donors (Lipinski definition) is 2. The summed E-state index contributed by atoms with van der Waals surface area (Å²) in [4.78, 5) is 26.5. The zero-order valence-electron chi connectivity index (χ0n) is 22.6. The van der Waals surface area contributed by atoms with Gasteiger partial charge in [0.1, 0.15) is 24.8 Å². The number of nitrogens with zero attached hydrogens (tertiary/aromatic N) is 4. The molecule has 1 aliphatic rings. The molecule has 35 heavy (non-hydrogen) atoms. The van der Waals surface area contributed by atoms with Crippen molar-refractivity contribution < 1.29 is 18.7 Å². The molecule has 0 bridgehead atoms. The third kappa shape index (κ3) is 6.53. The van der Waals surface area contributed by atoms with Crippen molar-refractivity contribution >= 4 is 11.8 Å². The summed E-state index contributed by atoms with van der Waals surface area (Å²) < 4.78 is 7.86. The first kappa shape index (κ1) is 27.0. The van der Waals surface area contributed by atoms with Gasteiger partial charge < -0.3 is 10.6 Å². The highest BCUT2D eigenvalue weighted by molar-refractivity contribution is 5.90. The average molecular weight is 487 g/mol. The van der Waals surface area contributed by atoms with Gasteiger partial charge in [0.2, 0.25) is 0 Å². The van der Waals surface area contributed by atoms with E-state index >= 15 is 0 Å². The number of carbonyl (C=O) groups is 2. The van der Waals surface area contributed by atoms with E-state index in [4.69, 9.17) is 0 Å². The second kappa shape index (κ2) is 12.4. The summed E-state index contributed by atoms with van der Waals surface area (Å²) in [6, 6.07) is 0.346. The lowest BCUT2D eigenvalue weighted by Gasteiger charge is -2.34. The van der Waals surface area contributed by atoms with Gasteiger partial charge in [-0.1, -0.05) is 33.1 Å². The highest BCUT2D eigenvalue weighted by Gasteiger charge is 2.35. The Labute approximate surface area is 210 Å². The number of rotatable bonds is 11. The van der Waals surface area contributed by atoms with Crippen LogP contribution in [0.1, 0.15) is 106 Å². The molecule has 8 heteroatoms. The average Bonchev–Trinajstić information content (AvgIpc) is 3.40. The summed E-state index contributed by atoms with van der Waals surface area (Å²) >= 11 is 0. The second-order valence-corrected chi connectivity index (χ2v) is 10.4. The zero-order valence-corrected chi connectivity index (χ0v) is 22.6. The molecule has 2 N–H and O–H groups in total. The molecule has 2 aromatic heterocycles. The molecule has 2 heterocycles. The highest BCUT2D eigenvalue weighted by Crippen LogP contribution is 2.25. The van der Waals surface area contributed by atoms with Crippen LogP contribution in [-0.4, -0.2) is 33.0 Å². The molecule has 0 aromatic carbocycles. The number of aromatic nitrogens is 4. The van der Waals surface area contributed by atoms with Gasteiger partial charge in [-0.3, -0.25) is 9.59 Å². The molecule has 1 aliphatic carbocycles. The smallest absolute Gasteiger partial charge is 0.343 e. The van der Waals surface area contributed by atoms with E-state index in [9.17, 15) is 9.59 Å². The molecule has 194 valence electrons. The Hall–Kier alpha value is -2.64. The maximum Gasteiger partial charge on any atom is 0.347 e. The molecule has 4 atom stereocenters. The van der Waals surface area contributed by atoms with Gasteiger partial charge in [-0.2, -0.15) is 0 Å². The first-order chi connectivity index (χ1) is 16.8. The van der Waals surface area contributed by atoms with E-state index < -0.39 is 0 Å². The van der Waals surface area contributed by atoms with Gasteiger partial charge in [-0.05, 0) is 51.9 Å². The Bertz CT molecular complexity index is 994. The van der Waals surface area contributed by atoms with E-state index in [1.165, 1.54) is 25.7 Å². The highest BCUT2D eigenvalue weighted by atomic mass is 16.2.